The number of imidazole rings is 1. The average Bonchev–Trinajstić information content (AvgIpc) is 3.45. The molecule has 6 nitrogen and oxygen atoms in total. The summed E-state index contributed by atoms with van der Waals surface area (Å²) >= 11 is 0. The minimum atomic E-state index is 0. The van der Waals surface area contributed by atoms with E-state index in [0.717, 1.165) is 51.1 Å². The maximum atomic E-state index is 5.64. The fraction of sp³-hybridized carbons (Fsp3) is 0.524. The second-order valence-corrected chi connectivity index (χ2v) is 7.65. The molecule has 0 saturated carbocycles. The molecule has 0 radical (unpaired) electrons. The molecule has 0 bridgehead atoms. The maximum Gasteiger partial charge on any atom is 0.194 e. The predicted octanol–water partition coefficient (Wildman–Crippen LogP) is 2.93. The van der Waals surface area contributed by atoms with Crippen LogP contribution in [0.2, 0.25) is 0 Å². The summed E-state index contributed by atoms with van der Waals surface area (Å²) in [5.74, 6) is 2.02. The Bertz CT molecular complexity index is 770. The van der Waals surface area contributed by atoms with Crippen molar-refractivity contribution < 1.29 is 4.74 Å². The molecule has 152 valence electrons. The molecule has 1 spiro atoms. The molecular weight excluding hydrogens is 465 g/mol. The summed E-state index contributed by atoms with van der Waals surface area (Å²) in [7, 11) is 1.86. The Hall–Kier alpha value is -1.61. The predicted molar refractivity (Wildman–Crippen MR) is 122 cm³/mol. The van der Waals surface area contributed by atoms with Gasteiger partial charge in [-0.2, -0.15) is 0 Å². The molecule has 1 N–H and O–H groups in total. The van der Waals surface area contributed by atoms with E-state index in [1.165, 1.54) is 18.4 Å². The highest BCUT2D eigenvalue weighted by Crippen LogP contribution is 2.38. The van der Waals surface area contributed by atoms with Crippen LogP contribution in [0.25, 0.3) is 0 Å². The number of aliphatic imine (C=N–C) groups is 1. The van der Waals surface area contributed by atoms with Gasteiger partial charge in [-0.25, -0.2) is 4.98 Å². The maximum absolute atomic E-state index is 5.64. The monoisotopic (exact) mass is 495 g/mol. The Morgan fingerprint density at radius 3 is 2.89 bits per heavy atom. The van der Waals surface area contributed by atoms with Gasteiger partial charge in [0.05, 0.1) is 13.2 Å². The largest absolute Gasteiger partial charge is 0.381 e. The molecule has 4 rings (SSSR count). The number of halogens is 1. The van der Waals surface area contributed by atoms with Crippen molar-refractivity contribution in [1.29, 1.82) is 0 Å². The van der Waals surface area contributed by atoms with Crippen molar-refractivity contribution in [2.75, 3.05) is 33.4 Å². The SMILES string of the molecule is CN=C(NCc1nccn1CCc1ccccc1)N1CCC2(CCOC2)C1.I. The second kappa shape index (κ2) is 9.73. The molecule has 1 atom stereocenters. The molecule has 1 aromatic heterocycles. The number of rotatable bonds is 5. The molecule has 7 heteroatoms. The summed E-state index contributed by atoms with van der Waals surface area (Å²) in [5.41, 5.74) is 1.69. The van der Waals surface area contributed by atoms with E-state index < -0.39 is 0 Å². The summed E-state index contributed by atoms with van der Waals surface area (Å²) in [5, 5.41) is 3.51. The van der Waals surface area contributed by atoms with E-state index in [9.17, 15) is 0 Å². The fourth-order valence-electron chi connectivity index (χ4n) is 4.18. The van der Waals surface area contributed by atoms with Gasteiger partial charge in [0.2, 0.25) is 0 Å². The first-order valence-electron chi connectivity index (χ1n) is 9.85. The first kappa shape index (κ1) is 21.1. The molecule has 0 aliphatic carbocycles. The summed E-state index contributed by atoms with van der Waals surface area (Å²) < 4.78 is 7.87. The zero-order valence-corrected chi connectivity index (χ0v) is 18.8. The van der Waals surface area contributed by atoms with Crippen LogP contribution >= 0.6 is 24.0 Å². The van der Waals surface area contributed by atoms with Crippen LogP contribution in [-0.2, 0) is 24.2 Å². The van der Waals surface area contributed by atoms with Gasteiger partial charge in [0.1, 0.15) is 5.82 Å². The van der Waals surface area contributed by atoms with E-state index in [1.54, 1.807) is 0 Å². The molecule has 2 saturated heterocycles. The first-order valence-corrected chi connectivity index (χ1v) is 9.85. The number of hydrogen-bond acceptors (Lipinski definition) is 3. The molecule has 2 fully saturated rings. The number of ether oxygens (including phenoxy) is 1. The number of nitrogens with one attached hydrogen (secondary N) is 1. The summed E-state index contributed by atoms with van der Waals surface area (Å²) in [6.07, 6.45) is 7.31. The molecule has 2 aliphatic rings. The van der Waals surface area contributed by atoms with Crippen molar-refractivity contribution in [1.82, 2.24) is 19.8 Å². The van der Waals surface area contributed by atoms with Crippen LogP contribution < -0.4 is 5.32 Å². The van der Waals surface area contributed by atoms with Crippen LogP contribution in [0.1, 0.15) is 24.2 Å². The molecule has 0 amide bonds. The molecule has 2 aliphatic heterocycles. The van der Waals surface area contributed by atoms with E-state index in [4.69, 9.17) is 4.74 Å². The van der Waals surface area contributed by atoms with Crippen molar-refractivity contribution in [3.8, 4) is 0 Å². The van der Waals surface area contributed by atoms with Gasteiger partial charge < -0.3 is 19.5 Å². The lowest BCUT2D eigenvalue weighted by atomic mass is 9.87. The Balaban J connectivity index is 0.00000225. The van der Waals surface area contributed by atoms with Crippen LogP contribution in [-0.4, -0.2) is 53.8 Å². The van der Waals surface area contributed by atoms with Crippen LogP contribution in [0, 0.1) is 5.41 Å². The van der Waals surface area contributed by atoms with Gasteiger partial charge >= 0.3 is 0 Å². The number of likely N-dealkylation sites (tertiary alicyclic amines) is 1. The third-order valence-electron chi connectivity index (χ3n) is 5.83. The Morgan fingerprint density at radius 1 is 1.29 bits per heavy atom. The number of benzene rings is 1. The number of aryl methyl sites for hydroxylation is 2. The van der Waals surface area contributed by atoms with Crippen LogP contribution in [0.5, 0.6) is 0 Å². The zero-order valence-electron chi connectivity index (χ0n) is 16.5. The van der Waals surface area contributed by atoms with Gasteiger partial charge in [-0.15, -0.1) is 24.0 Å². The standard InChI is InChI=1S/C21H29N5O.HI/c1-22-20(26-12-8-21(16-26)9-14-27-17-21)24-15-19-23-10-13-25(19)11-7-18-5-3-2-4-6-18;/h2-6,10,13H,7-9,11-12,14-17H2,1H3,(H,22,24);1H. The third kappa shape index (κ3) is 4.86. The lowest BCUT2D eigenvalue weighted by Gasteiger charge is -2.25. The van der Waals surface area contributed by atoms with Crippen molar-refractivity contribution in [2.45, 2.75) is 32.4 Å². The minimum absolute atomic E-state index is 0. The lowest BCUT2D eigenvalue weighted by Crippen LogP contribution is -2.41. The van der Waals surface area contributed by atoms with Crippen molar-refractivity contribution >= 4 is 29.9 Å². The third-order valence-corrected chi connectivity index (χ3v) is 5.83. The quantitative estimate of drug-likeness (QED) is 0.394. The summed E-state index contributed by atoms with van der Waals surface area (Å²) in [6.45, 7) is 5.50. The molecule has 2 aromatic rings. The van der Waals surface area contributed by atoms with Crippen molar-refractivity contribution in [2.24, 2.45) is 10.4 Å². The topological polar surface area (TPSA) is 54.7 Å². The normalized spacial score (nSPS) is 21.9. The minimum Gasteiger partial charge on any atom is -0.381 e. The van der Waals surface area contributed by atoms with E-state index in [0.29, 0.717) is 12.0 Å². The Labute approximate surface area is 184 Å². The average molecular weight is 495 g/mol. The van der Waals surface area contributed by atoms with Gasteiger partial charge in [-0.05, 0) is 24.8 Å². The smallest absolute Gasteiger partial charge is 0.194 e. The van der Waals surface area contributed by atoms with Gasteiger partial charge in [-0.1, -0.05) is 30.3 Å². The summed E-state index contributed by atoms with van der Waals surface area (Å²) in [6, 6.07) is 10.6. The highest BCUT2D eigenvalue weighted by molar-refractivity contribution is 14.0. The van der Waals surface area contributed by atoms with Crippen molar-refractivity contribution in [3.05, 3.63) is 54.1 Å². The lowest BCUT2D eigenvalue weighted by molar-refractivity contribution is 0.156. The first-order chi connectivity index (χ1) is 13.3. The van der Waals surface area contributed by atoms with E-state index in [1.807, 2.05) is 13.2 Å². The van der Waals surface area contributed by atoms with Crippen LogP contribution in [0.3, 0.4) is 0 Å². The zero-order chi connectivity index (χ0) is 18.5. The van der Waals surface area contributed by atoms with Gasteiger partial charge in [-0.3, -0.25) is 4.99 Å². The number of nitrogens with zero attached hydrogens (tertiary/aromatic N) is 4. The number of guanidine groups is 1. The Kier molecular flexibility index (Phi) is 7.34. The highest BCUT2D eigenvalue weighted by Gasteiger charge is 2.42. The van der Waals surface area contributed by atoms with Crippen LogP contribution in [0.15, 0.2) is 47.7 Å². The summed E-state index contributed by atoms with van der Waals surface area (Å²) in [4.78, 5) is 11.4. The van der Waals surface area contributed by atoms with E-state index >= 15 is 0 Å². The molecular formula is C21H30IN5O. The number of hydrogen-bond donors (Lipinski definition) is 1. The molecule has 1 aromatic carbocycles. The molecule has 3 heterocycles. The number of aromatic nitrogens is 2. The fourth-order valence-corrected chi connectivity index (χ4v) is 4.18. The van der Waals surface area contributed by atoms with E-state index in [2.05, 4.69) is 61.3 Å². The van der Waals surface area contributed by atoms with Gasteiger partial charge in [0.25, 0.3) is 0 Å². The Morgan fingerprint density at radius 2 is 2.14 bits per heavy atom. The van der Waals surface area contributed by atoms with Gasteiger partial charge in [0, 0.05) is 51.1 Å². The molecule has 1 unspecified atom stereocenters. The second-order valence-electron chi connectivity index (χ2n) is 7.65. The van der Waals surface area contributed by atoms with Crippen LogP contribution in [0.4, 0.5) is 0 Å². The van der Waals surface area contributed by atoms with E-state index in [-0.39, 0.29) is 24.0 Å². The van der Waals surface area contributed by atoms with Crippen molar-refractivity contribution in [3.63, 3.8) is 0 Å². The van der Waals surface area contributed by atoms with Gasteiger partial charge in [0.15, 0.2) is 5.96 Å². The highest BCUT2D eigenvalue weighted by atomic mass is 127. The molecule has 28 heavy (non-hydrogen) atoms.